The minimum atomic E-state index is 0.117. The van der Waals surface area contributed by atoms with Gasteiger partial charge in [0.1, 0.15) is 5.75 Å². The quantitative estimate of drug-likeness (QED) is 0.676. The lowest BCUT2D eigenvalue weighted by atomic mass is 10.1. The summed E-state index contributed by atoms with van der Waals surface area (Å²) in [6.07, 6.45) is 2.84. The smallest absolute Gasteiger partial charge is 0.223 e. The molecule has 2 aromatic carbocycles. The molecule has 5 heteroatoms. The van der Waals surface area contributed by atoms with E-state index < -0.39 is 0 Å². The number of benzene rings is 2. The number of ether oxygens (including phenoxy) is 1. The van der Waals surface area contributed by atoms with Gasteiger partial charge in [0.25, 0.3) is 0 Å². The summed E-state index contributed by atoms with van der Waals surface area (Å²) in [7, 11) is 1.65. The first-order valence-corrected chi connectivity index (χ1v) is 8.67. The van der Waals surface area contributed by atoms with Crippen LogP contribution >= 0.6 is 0 Å². The van der Waals surface area contributed by atoms with Gasteiger partial charge in [-0.3, -0.25) is 9.89 Å². The Balaban J connectivity index is 1.67. The van der Waals surface area contributed by atoms with Gasteiger partial charge in [-0.25, -0.2) is 0 Å². The third-order valence-corrected chi connectivity index (χ3v) is 4.25. The summed E-state index contributed by atoms with van der Waals surface area (Å²) in [5.74, 6) is 0.930. The first kappa shape index (κ1) is 17.7. The molecule has 0 fully saturated rings. The zero-order chi connectivity index (χ0) is 18.2. The number of hydrogen-bond donors (Lipinski definition) is 1. The second-order valence-electron chi connectivity index (χ2n) is 6.17. The molecule has 0 aliphatic rings. The lowest BCUT2D eigenvalue weighted by Crippen LogP contribution is -2.30. The molecule has 1 amide bonds. The SMILES string of the molecule is COc1cccc(CCC(=O)N(Cc2ccccc2)Cc2ccn[nH]2)c1. The Kier molecular flexibility index (Phi) is 6.04. The first-order valence-electron chi connectivity index (χ1n) is 8.67. The van der Waals surface area contributed by atoms with Gasteiger partial charge in [-0.15, -0.1) is 0 Å². The van der Waals surface area contributed by atoms with Crippen LogP contribution in [-0.4, -0.2) is 28.1 Å². The summed E-state index contributed by atoms with van der Waals surface area (Å²) in [6.45, 7) is 1.10. The number of nitrogens with zero attached hydrogens (tertiary/aromatic N) is 2. The predicted octanol–water partition coefficient (Wildman–Crippen LogP) is 3.58. The van der Waals surface area contributed by atoms with Gasteiger partial charge in [-0.05, 0) is 35.7 Å². The topological polar surface area (TPSA) is 58.2 Å². The van der Waals surface area contributed by atoms with Crippen LogP contribution in [-0.2, 0) is 24.3 Å². The van der Waals surface area contributed by atoms with Crippen LogP contribution < -0.4 is 4.74 Å². The number of aromatic nitrogens is 2. The van der Waals surface area contributed by atoms with Crippen molar-refractivity contribution in [2.45, 2.75) is 25.9 Å². The maximum absolute atomic E-state index is 12.9. The van der Waals surface area contributed by atoms with Gasteiger partial charge in [0.15, 0.2) is 0 Å². The van der Waals surface area contributed by atoms with E-state index in [9.17, 15) is 4.79 Å². The zero-order valence-corrected chi connectivity index (χ0v) is 14.9. The van der Waals surface area contributed by atoms with Crippen LogP contribution in [0.15, 0.2) is 66.9 Å². The first-order chi connectivity index (χ1) is 12.7. The monoisotopic (exact) mass is 349 g/mol. The van der Waals surface area contributed by atoms with E-state index in [1.807, 2.05) is 65.6 Å². The molecule has 0 spiro atoms. The molecule has 0 unspecified atom stereocenters. The molecule has 1 N–H and O–H groups in total. The van der Waals surface area contributed by atoms with Crippen molar-refractivity contribution in [2.75, 3.05) is 7.11 Å². The summed E-state index contributed by atoms with van der Waals surface area (Å²) in [6, 6.07) is 19.8. The summed E-state index contributed by atoms with van der Waals surface area (Å²) >= 11 is 0. The third kappa shape index (κ3) is 4.96. The molecule has 3 aromatic rings. The maximum Gasteiger partial charge on any atom is 0.223 e. The van der Waals surface area contributed by atoms with E-state index in [4.69, 9.17) is 4.74 Å². The van der Waals surface area contributed by atoms with E-state index in [0.29, 0.717) is 25.9 Å². The van der Waals surface area contributed by atoms with E-state index >= 15 is 0 Å². The van der Waals surface area contributed by atoms with Crippen LogP contribution in [0.2, 0.25) is 0 Å². The van der Waals surface area contributed by atoms with Crippen LogP contribution in [0, 0.1) is 0 Å². The van der Waals surface area contributed by atoms with Crippen molar-refractivity contribution >= 4 is 5.91 Å². The average Bonchev–Trinajstić information content (AvgIpc) is 3.20. The number of hydrogen-bond acceptors (Lipinski definition) is 3. The number of carbonyl (C=O) groups is 1. The standard InChI is InChI=1S/C21H23N3O2/c1-26-20-9-5-8-17(14-20)10-11-21(25)24(16-19-12-13-22-23-19)15-18-6-3-2-4-7-18/h2-9,12-14H,10-11,15-16H2,1H3,(H,22,23). The molecule has 1 aromatic heterocycles. The summed E-state index contributed by atoms with van der Waals surface area (Å²) in [4.78, 5) is 14.7. The fourth-order valence-electron chi connectivity index (χ4n) is 2.85. The highest BCUT2D eigenvalue weighted by molar-refractivity contribution is 5.76. The van der Waals surface area contributed by atoms with Gasteiger partial charge in [0.05, 0.1) is 19.3 Å². The van der Waals surface area contributed by atoms with E-state index in [-0.39, 0.29) is 5.91 Å². The Morgan fingerprint density at radius 2 is 1.85 bits per heavy atom. The molecule has 134 valence electrons. The number of amides is 1. The molecule has 0 saturated heterocycles. The number of methoxy groups -OCH3 is 1. The third-order valence-electron chi connectivity index (χ3n) is 4.25. The van der Waals surface area contributed by atoms with Crippen LogP contribution in [0.1, 0.15) is 23.2 Å². The molecular formula is C21H23N3O2. The van der Waals surface area contributed by atoms with Gasteiger partial charge in [0.2, 0.25) is 5.91 Å². The molecule has 0 bridgehead atoms. The number of rotatable bonds is 8. The molecule has 0 saturated carbocycles. The van der Waals surface area contributed by atoms with Crippen molar-refractivity contribution in [1.82, 2.24) is 15.1 Å². The molecular weight excluding hydrogens is 326 g/mol. The minimum absolute atomic E-state index is 0.117. The lowest BCUT2D eigenvalue weighted by Gasteiger charge is -2.22. The largest absolute Gasteiger partial charge is 0.497 e. The molecule has 0 aliphatic heterocycles. The van der Waals surface area contributed by atoms with Gasteiger partial charge in [0, 0.05) is 19.2 Å². The Labute approximate surface area is 153 Å². The van der Waals surface area contributed by atoms with Gasteiger partial charge < -0.3 is 9.64 Å². The Hall–Kier alpha value is -3.08. The molecule has 3 rings (SSSR count). The van der Waals surface area contributed by atoms with Gasteiger partial charge in [-0.2, -0.15) is 5.10 Å². The highest BCUT2D eigenvalue weighted by atomic mass is 16.5. The second-order valence-corrected chi connectivity index (χ2v) is 6.17. The van der Waals surface area contributed by atoms with Crippen molar-refractivity contribution in [3.8, 4) is 5.75 Å². The molecule has 0 atom stereocenters. The van der Waals surface area contributed by atoms with Gasteiger partial charge >= 0.3 is 0 Å². The van der Waals surface area contributed by atoms with E-state index in [1.165, 1.54) is 0 Å². The van der Waals surface area contributed by atoms with E-state index in [1.54, 1.807) is 13.3 Å². The second kappa shape index (κ2) is 8.85. The number of aryl methyl sites for hydroxylation is 1. The minimum Gasteiger partial charge on any atom is -0.497 e. The Morgan fingerprint density at radius 3 is 2.58 bits per heavy atom. The summed E-state index contributed by atoms with van der Waals surface area (Å²) < 4.78 is 5.25. The number of carbonyl (C=O) groups excluding carboxylic acids is 1. The molecule has 5 nitrogen and oxygen atoms in total. The highest BCUT2D eigenvalue weighted by Crippen LogP contribution is 2.16. The van der Waals surface area contributed by atoms with E-state index in [2.05, 4.69) is 10.2 Å². The Bertz CT molecular complexity index is 816. The van der Waals surface area contributed by atoms with Crippen LogP contribution in [0.4, 0.5) is 0 Å². The van der Waals surface area contributed by atoms with E-state index in [0.717, 1.165) is 22.6 Å². The normalized spacial score (nSPS) is 10.5. The number of aromatic amines is 1. The fourth-order valence-corrected chi connectivity index (χ4v) is 2.85. The number of nitrogens with one attached hydrogen (secondary N) is 1. The maximum atomic E-state index is 12.9. The summed E-state index contributed by atoms with van der Waals surface area (Å²) in [5.41, 5.74) is 3.14. The van der Waals surface area contributed by atoms with Crippen LogP contribution in [0.3, 0.4) is 0 Å². The molecule has 0 radical (unpaired) electrons. The zero-order valence-electron chi connectivity index (χ0n) is 14.9. The van der Waals surface area contributed by atoms with Crippen LogP contribution in [0.5, 0.6) is 5.75 Å². The summed E-state index contributed by atoms with van der Waals surface area (Å²) in [5, 5.41) is 6.91. The van der Waals surface area contributed by atoms with Crippen molar-refractivity contribution in [1.29, 1.82) is 0 Å². The number of H-pyrrole nitrogens is 1. The van der Waals surface area contributed by atoms with Crippen LogP contribution in [0.25, 0.3) is 0 Å². The van der Waals surface area contributed by atoms with Crippen molar-refractivity contribution in [3.05, 3.63) is 83.7 Å². The fraction of sp³-hybridized carbons (Fsp3) is 0.238. The molecule has 1 heterocycles. The Morgan fingerprint density at radius 1 is 1.04 bits per heavy atom. The molecule has 26 heavy (non-hydrogen) atoms. The van der Waals surface area contributed by atoms with Crippen molar-refractivity contribution < 1.29 is 9.53 Å². The van der Waals surface area contributed by atoms with Gasteiger partial charge in [-0.1, -0.05) is 42.5 Å². The van der Waals surface area contributed by atoms with Crippen molar-refractivity contribution in [2.24, 2.45) is 0 Å². The molecule has 0 aliphatic carbocycles. The average molecular weight is 349 g/mol. The lowest BCUT2D eigenvalue weighted by molar-refractivity contribution is -0.132. The predicted molar refractivity (Wildman–Crippen MR) is 101 cm³/mol. The van der Waals surface area contributed by atoms with Crippen molar-refractivity contribution in [3.63, 3.8) is 0 Å². The highest BCUT2D eigenvalue weighted by Gasteiger charge is 2.15.